The predicted molar refractivity (Wildman–Crippen MR) is 78.0 cm³/mol. The first-order valence-corrected chi connectivity index (χ1v) is 7.46. The topological polar surface area (TPSA) is 61.4 Å². The molecular weight excluding hydrogens is 240 g/mol. The van der Waals surface area contributed by atoms with Crippen LogP contribution < -0.4 is 10.6 Å². The molecule has 110 valence electrons. The molecule has 0 heterocycles. The van der Waals surface area contributed by atoms with Gasteiger partial charge in [0, 0.05) is 19.2 Å². The van der Waals surface area contributed by atoms with E-state index >= 15 is 0 Å². The number of allylic oxidation sites excluding steroid dienone is 1. The summed E-state index contributed by atoms with van der Waals surface area (Å²) in [5, 5.41) is 14.8. The molecule has 1 rings (SSSR count). The van der Waals surface area contributed by atoms with Crippen molar-refractivity contribution in [2.75, 3.05) is 13.2 Å². The minimum Gasteiger partial charge on any atom is -0.396 e. The number of nitrogens with one attached hydrogen (secondary N) is 2. The van der Waals surface area contributed by atoms with Gasteiger partial charge >= 0.3 is 6.03 Å². The fourth-order valence-electron chi connectivity index (χ4n) is 2.40. The molecular formula is C15H28N2O2. The van der Waals surface area contributed by atoms with Gasteiger partial charge in [-0.05, 0) is 44.4 Å². The Morgan fingerprint density at radius 2 is 2.21 bits per heavy atom. The highest BCUT2D eigenvalue weighted by molar-refractivity contribution is 5.74. The Labute approximate surface area is 116 Å². The molecule has 4 heteroatoms. The largest absolute Gasteiger partial charge is 0.396 e. The average Bonchev–Trinajstić information content (AvgIpc) is 2.39. The Balaban J connectivity index is 2.20. The third kappa shape index (κ3) is 6.62. The van der Waals surface area contributed by atoms with Crippen LogP contribution in [0.1, 0.15) is 52.4 Å². The standard InChI is InChI=1S/C15H28N2O2/c1-12(2)14(9-11-18)17-15(19)16-10-8-13-6-4-3-5-7-13/h6,12,14,18H,3-5,7-11H2,1-2H3,(H2,16,17,19). The molecule has 0 bridgehead atoms. The van der Waals surface area contributed by atoms with Crippen LogP contribution in [0.2, 0.25) is 0 Å². The molecule has 0 spiro atoms. The third-order valence-corrected chi connectivity index (χ3v) is 3.68. The summed E-state index contributed by atoms with van der Waals surface area (Å²) in [4.78, 5) is 11.8. The lowest BCUT2D eigenvalue weighted by Crippen LogP contribution is -2.45. The van der Waals surface area contributed by atoms with E-state index in [0.717, 1.165) is 6.42 Å². The van der Waals surface area contributed by atoms with Crippen LogP contribution in [0.15, 0.2) is 11.6 Å². The molecule has 3 N–H and O–H groups in total. The van der Waals surface area contributed by atoms with Gasteiger partial charge in [-0.2, -0.15) is 0 Å². The maximum atomic E-state index is 11.8. The van der Waals surface area contributed by atoms with E-state index in [1.807, 2.05) is 13.8 Å². The molecule has 1 atom stereocenters. The first-order chi connectivity index (χ1) is 9.13. The number of hydrogen-bond acceptors (Lipinski definition) is 2. The average molecular weight is 268 g/mol. The third-order valence-electron chi connectivity index (χ3n) is 3.68. The van der Waals surface area contributed by atoms with Crippen molar-refractivity contribution in [1.29, 1.82) is 0 Å². The maximum absolute atomic E-state index is 11.8. The van der Waals surface area contributed by atoms with Crippen molar-refractivity contribution in [1.82, 2.24) is 10.6 Å². The van der Waals surface area contributed by atoms with E-state index in [-0.39, 0.29) is 18.7 Å². The van der Waals surface area contributed by atoms with E-state index in [4.69, 9.17) is 5.11 Å². The molecule has 0 aromatic heterocycles. The Hall–Kier alpha value is -1.03. The summed E-state index contributed by atoms with van der Waals surface area (Å²) < 4.78 is 0. The van der Waals surface area contributed by atoms with Crippen LogP contribution in [-0.2, 0) is 0 Å². The van der Waals surface area contributed by atoms with E-state index in [1.54, 1.807) is 0 Å². The Morgan fingerprint density at radius 3 is 2.79 bits per heavy atom. The van der Waals surface area contributed by atoms with Crippen molar-refractivity contribution in [2.24, 2.45) is 5.92 Å². The monoisotopic (exact) mass is 268 g/mol. The summed E-state index contributed by atoms with van der Waals surface area (Å²) in [6, 6.07) is -0.0811. The van der Waals surface area contributed by atoms with E-state index < -0.39 is 0 Å². The summed E-state index contributed by atoms with van der Waals surface area (Å²) in [6.45, 7) is 4.90. The normalized spacial score (nSPS) is 16.9. The highest BCUT2D eigenvalue weighted by Gasteiger charge is 2.15. The quantitative estimate of drug-likeness (QED) is 0.621. The fraction of sp³-hybridized carbons (Fsp3) is 0.800. The number of carbonyl (C=O) groups is 1. The van der Waals surface area contributed by atoms with Crippen molar-refractivity contribution in [2.45, 2.75) is 58.4 Å². The SMILES string of the molecule is CC(C)C(CCO)NC(=O)NCCC1=CCCCC1. The van der Waals surface area contributed by atoms with E-state index in [1.165, 1.54) is 31.3 Å². The zero-order valence-corrected chi connectivity index (χ0v) is 12.2. The second-order valence-corrected chi connectivity index (χ2v) is 5.62. The van der Waals surface area contributed by atoms with Gasteiger partial charge < -0.3 is 15.7 Å². The van der Waals surface area contributed by atoms with Gasteiger partial charge in [0.25, 0.3) is 0 Å². The van der Waals surface area contributed by atoms with Gasteiger partial charge in [0.1, 0.15) is 0 Å². The Bertz CT molecular complexity index is 301. The van der Waals surface area contributed by atoms with Crippen molar-refractivity contribution in [3.63, 3.8) is 0 Å². The number of urea groups is 1. The first kappa shape index (κ1) is 16.0. The molecule has 0 aromatic carbocycles. The lowest BCUT2D eigenvalue weighted by atomic mass is 9.97. The summed E-state index contributed by atoms with van der Waals surface area (Å²) in [5.41, 5.74) is 1.47. The van der Waals surface area contributed by atoms with Crippen LogP contribution in [0.5, 0.6) is 0 Å². The zero-order chi connectivity index (χ0) is 14.1. The molecule has 0 saturated heterocycles. The van der Waals surface area contributed by atoms with Crippen LogP contribution >= 0.6 is 0 Å². The van der Waals surface area contributed by atoms with Crippen LogP contribution in [-0.4, -0.2) is 30.3 Å². The lowest BCUT2D eigenvalue weighted by Gasteiger charge is -2.22. The van der Waals surface area contributed by atoms with Gasteiger partial charge in [-0.1, -0.05) is 25.5 Å². The molecule has 1 aliphatic carbocycles. The molecule has 4 nitrogen and oxygen atoms in total. The van der Waals surface area contributed by atoms with Crippen LogP contribution in [0.4, 0.5) is 4.79 Å². The second-order valence-electron chi connectivity index (χ2n) is 5.62. The Morgan fingerprint density at radius 1 is 1.42 bits per heavy atom. The zero-order valence-electron chi connectivity index (χ0n) is 12.2. The van der Waals surface area contributed by atoms with E-state index in [0.29, 0.717) is 18.9 Å². The highest BCUT2D eigenvalue weighted by Crippen LogP contribution is 2.19. The smallest absolute Gasteiger partial charge is 0.315 e. The number of hydrogen-bond donors (Lipinski definition) is 3. The van der Waals surface area contributed by atoms with Gasteiger partial charge in [0.05, 0.1) is 0 Å². The highest BCUT2D eigenvalue weighted by atomic mass is 16.3. The molecule has 19 heavy (non-hydrogen) atoms. The number of aliphatic hydroxyl groups is 1. The number of aliphatic hydroxyl groups excluding tert-OH is 1. The van der Waals surface area contributed by atoms with E-state index in [2.05, 4.69) is 16.7 Å². The molecule has 0 saturated carbocycles. The van der Waals surface area contributed by atoms with Crippen LogP contribution in [0.25, 0.3) is 0 Å². The predicted octanol–water partition coefficient (Wildman–Crippen LogP) is 2.58. The second kappa shape index (κ2) is 8.97. The first-order valence-electron chi connectivity index (χ1n) is 7.46. The van der Waals surface area contributed by atoms with Crippen molar-refractivity contribution < 1.29 is 9.90 Å². The molecule has 0 fully saturated rings. The van der Waals surface area contributed by atoms with Gasteiger partial charge in [-0.3, -0.25) is 0 Å². The van der Waals surface area contributed by atoms with Gasteiger partial charge in [-0.15, -0.1) is 0 Å². The van der Waals surface area contributed by atoms with Crippen LogP contribution in [0.3, 0.4) is 0 Å². The summed E-state index contributed by atoms with van der Waals surface area (Å²) >= 11 is 0. The lowest BCUT2D eigenvalue weighted by molar-refractivity contribution is 0.219. The minimum atomic E-state index is -0.122. The molecule has 0 aliphatic heterocycles. The van der Waals surface area contributed by atoms with Crippen molar-refractivity contribution >= 4 is 6.03 Å². The molecule has 1 aliphatic rings. The molecule has 1 unspecified atom stereocenters. The Kier molecular flexibility index (Phi) is 7.56. The molecule has 0 aromatic rings. The number of carbonyl (C=O) groups excluding carboxylic acids is 1. The van der Waals surface area contributed by atoms with Gasteiger partial charge in [0.15, 0.2) is 0 Å². The van der Waals surface area contributed by atoms with Gasteiger partial charge in [0.2, 0.25) is 0 Å². The number of amides is 2. The van der Waals surface area contributed by atoms with Crippen molar-refractivity contribution in [3.8, 4) is 0 Å². The fourth-order valence-corrected chi connectivity index (χ4v) is 2.40. The van der Waals surface area contributed by atoms with Crippen molar-refractivity contribution in [3.05, 3.63) is 11.6 Å². The summed E-state index contributed by atoms with van der Waals surface area (Å²) in [7, 11) is 0. The molecule has 2 amide bonds. The van der Waals surface area contributed by atoms with E-state index in [9.17, 15) is 4.79 Å². The summed E-state index contributed by atoms with van der Waals surface area (Å²) in [6.07, 6.45) is 8.83. The van der Waals surface area contributed by atoms with Gasteiger partial charge in [-0.25, -0.2) is 4.79 Å². The van der Waals surface area contributed by atoms with Crippen LogP contribution in [0, 0.1) is 5.92 Å². The molecule has 0 radical (unpaired) electrons. The summed E-state index contributed by atoms with van der Waals surface area (Å²) in [5.74, 6) is 0.332. The minimum absolute atomic E-state index is 0.0406. The number of rotatable bonds is 7. The maximum Gasteiger partial charge on any atom is 0.315 e.